The van der Waals surface area contributed by atoms with Gasteiger partial charge in [-0.05, 0) is 0 Å². The zero-order valence-electron chi connectivity index (χ0n) is 9.64. The number of ether oxygens (including phenoxy) is 2. The third kappa shape index (κ3) is 4.47. The van der Waals surface area contributed by atoms with Crippen LogP contribution in [0.1, 0.15) is 11.3 Å². The Kier molecular flexibility index (Phi) is 4.82. The van der Waals surface area contributed by atoms with Crippen LogP contribution in [0.25, 0.3) is 0 Å². The number of aromatic nitrogens is 1. The summed E-state index contributed by atoms with van der Waals surface area (Å²) in [5.74, 6) is -1.93. The lowest BCUT2D eigenvalue weighted by Crippen LogP contribution is -2.24. The SMILES string of the molecule is COC(=O)Cc1c(OC(F)(F)F)[nH]c(CCl)cc1=O. The molecule has 0 unspecified atom stereocenters. The number of alkyl halides is 4. The largest absolute Gasteiger partial charge is 0.574 e. The van der Waals surface area contributed by atoms with Crippen molar-refractivity contribution in [2.24, 2.45) is 0 Å². The van der Waals surface area contributed by atoms with E-state index in [0.717, 1.165) is 13.2 Å². The molecule has 1 aromatic rings. The molecule has 5 nitrogen and oxygen atoms in total. The van der Waals surface area contributed by atoms with Crippen molar-refractivity contribution in [1.82, 2.24) is 4.98 Å². The summed E-state index contributed by atoms with van der Waals surface area (Å²) in [4.78, 5) is 24.9. The molecule has 0 bridgehead atoms. The lowest BCUT2D eigenvalue weighted by molar-refractivity contribution is -0.276. The number of carbonyl (C=O) groups excluding carboxylic acids is 1. The minimum Gasteiger partial charge on any atom is -0.469 e. The van der Waals surface area contributed by atoms with Gasteiger partial charge in [0, 0.05) is 11.8 Å². The first-order valence-corrected chi connectivity index (χ1v) is 5.44. The van der Waals surface area contributed by atoms with Crippen LogP contribution in [-0.2, 0) is 21.8 Å². The van der Waals surface area contributed by atoms with Gasteiger partial charge < -0.3 is 14.5 Å². The molecule has 0 radical (unpaired) electrons. The molecule has 9 heteroatoms. The van der Waals surface area contributed by atoms with Crippen LogP contribution in [0.4, 0.5) is 13.2 Å². The Morgan fingerprint density at radius 2 is 2.11 bits per heavy atom. The van der Waals surface area contributed by atoms with Crippen molar-refractivity contribution in [2.45, 2.75) is 18.7 Å². The first-order chi connectivity index (χ1) is 8.76. The second-order valence-electron chi connectivity index (χ2n) is 3.40. The van der Waals surface area contributed by atoms with Gasteiger partial charge in [0.25, 0.3) is 0 Å². The zero-order valence-corrected chi connectivity index (χ0v) is 10.4. The Hall–Kier alpha value is -1.70. The van der Waals surface area contributed by atoms with Gasteiger partial charge in [-0.2, -0.15) is 0 Å². The van der Waals surface area contributed by atoms with Gasteiger partial charge in [0.2, 0.25) is 5.88 Å². The number of H-pyrrole nitrogens is 1. The van der Waals surface area contributed by atoms with E-state index in [4.69, 9.17) is 11.6 Å². The Morgan fingerprint density at radius 3 is 2.58 bits per heavy atom. The van der Waals surface area contributed by atoms with Crippen LogP contribution in [0, 0.1) is 0 Å². The fourth-order valence-corrected chi connectivity index (χ4v) is 1.42. The van der Waals surface area contributed by atoms with Gasteiger partial charge in [0.1, 0.15) is 0 Å². The second-order valence-corrected chi connectivity index (χ2v) is 3.67. The van der Waals surface area contributed by atoms with Crippen molar-refractivity contribution < 1.29 is 27.4 Å². The summed E-state index contributed by atoms with van der Waals surface area (Å²) in [6, 6.07) is 0.995. The lowest BCUT2D eigenvalue weighted by Gasteiger charge is -2.13. The van der Waals surface area contributed by atoms with Gasteiger partial charge in [-0.3, -0.25) is 9.59 Å². The molecule has 0 amide bonds. The highest BCUT2D eigenvalue weighted by Gasteiger charge is 2.33. The average molecular weight is 300 g/mol. The molecule has 0 atom stereocenters. The van der Waals surface area contributed by atoms with Crippen molar-refractivity contribution in [3.8, 4) is 5.88 Å². The highest BCUT2D eigenvalue weighted by molar-refractivity contribution is 6.16. The van der Waals surface area contributed by atoms with Crippen LogP contribution in [0.3, 0.4) is 0 Å². The van der Waals surface area contributed by atoms with Crippen LogP contribution in [-0.4, -0.2) is 24.4 Å². The first kappa shape index (κ1) is 15.4. The molecular formula is C10H9ClF3NO4. The standard InChI is InChI=1S/C10H9ClF3NO4/c1-18-8(17)3-6-7(16)2-5(4-11)15-9(6)19-10(12,13)14/h2H,3-4H2,1H3,(H,15,16). The lowest BCUT2D eigenvalue weighted by atomic mass is 10.2. The molecule has 0 saturated carbocycles. The van der Waals surface area contributed by atoms with E-state index in [2.05, 4.69) is 14.5 Å². The fraction of sp³-hybridized carbons (Fsp3) is 0.400. The number of carbonyl (C=O) groups is 1. The van der Waals surface area contributed by atoms with Gasteiger partial charge in [-0.15, -0.1) is 24.8 Å². The molecule has 1 heterocycles. The minimum absolute atomic E-state index is 0.0412. The van der Waals surface area contributed by atoms with Crippen LogP contribution in [0.15, 0.2) is 10.9 Å². The molecule has 0 aliphatic rings. The van der Waals surface area contributed by atoms with Gasteiger partial charge >= 0.3 is 12.3 Å². The number of esters is 1. The monoisotopic (exact) mass is 299 g/mol. The maximum Gasteiger partial charge on any atom is 0.574 e. The number of aromatic amines is 1. The van der Waals surface area contributed by atoms with E-state index in [1.54, 1.807) is 0 Å². The van der Waals surface area contributed by atoms with Crippen molar-refractivity contribution in [2.75, 3.05) is 7.11 Å². The van der Waals surface area contributed by atoms with E-state index >= 15 is 0 Å². The minimum atomic E-state index is -5.00. The van der Waals surface area contributed by atoms with Crippen LogP contribution in [0.5, 0.6) is 5.88 Å². The van der Waals surface area contributed by atoms with Crippen molar-refractivity contribution in [3.05, 3.63) is 27.5 Å². The van der Waals surface area contributed by atoms with Crippen molar-refractivity contribution in [3.63, 3.8) is 0 Å². The molecule has 0 aliphatic heterocycles. The van der Waals surface area contributed by atoms with E-state index in [1.807, 2.05) is 0 Å². The number of halogens is 4. The molecule has 0 aliphatic carbocycles. The second kappa shape index (κ2) is 5.96. The van der Waals surface area contributed by atoms with Crippen molar-refractivity contribution in [1.29, 1.82) is 0 Å². The number of hydrogen-bond acceptors (Lipinski definition) is 4. The van der Waals surface area contributed by atoms with Gasteiger partial charge in [-0.1, -0.05) is 0 Å². The molecule has 0 saturated heterocycles. The number of nitrogens with one attached hydrogen (secondary N) is 1. The number of hydrogen-bond donors (Lipinski definition) is 1. The molecule has 1 N–H and O–H groups in total. The third-order valence-electron chi connectivity index (χ3n) is 2.06. The first-order valence-electron chi connectivity index (χ1n) is 4.90. The van der Waals surface area contributed by atoms with Crippen LogP contribution < -0.4 is 10.2 Å². The zero-order chi connectivity index (χ0) is 14.6. The molecule has 19 heavy (non-hydrogen) atoms. The number of pyridine rings is 1. The quantitative estimate of drug-likeness (QED) is 0.679. The predicted molar refractivity (Wildman–Crippen MR) is 59.0 cm³/mol. The predicted octanol–water partition coefficient (Wildman–Crippen LogP) is 1.73. The molecular weight excluding hydrogens is 291 g/mol. The summed E-state index contributed by atoms with van der Waals surface area (Å²) >= 11 is 5.43. The summed E-state index contributed by atoms with van der Waals surface area (Å²) in [7, 11) is 1.05. The molecule has 0 spiro atoms. The van der Waals surface area contributed by atoms with Gasteiger partial charge in [0.15, 0.2) is 5.43 Å². The third-order valence-corrected chi connectivity index (χ3v) is 2.35. The summed E-state index contributed by atoms with van der Waals surface area (Å²) in [5.41, 5.74) is -1.23. The smallest absolute Gasteiger partial charge is 0.469 e. The Balaban J connectivity index is 3.25. The molecule has 106 valence electrons. The maximum absolute atomic E-state index is 12.2. The Morgan fingerprint density at radius 1 is 1.47 bits per heavy atom. The van der Waals surface area contributed by atoms with Gasteiger partial charge in [-0.25, -0.2) is 0 Å². The number of methoxy groups -OCH3 is 1. The summed E-state index contributed by atoms with van der Waals surface area (Å²) in [5, 5.41) is 0. The van der Waals surface area contributed by atoms with Crippen LogP contribution in [0.2, 0.25) is 0 Å². The van der Waals surface area contributed by atoms with E-state index in [9.17, 15) is 22.8 Å². The molecule has 0 fully saturated rings. The normalized spacial score (nSPS) is 11.2. The highest BCUT2D eigenvalue weighted by Crippen LogP contribution is 2.23. The van der Waals surface area contributed by atoms with E-state index < -0.39 is 35.6 Å². The molecule has 1 aromatic heterocycles. The maximum atomic E-state index is 12.2. The Labute approximate surface area is 110 Å². The highest BCUT2D eigenvalue weighted by atomic mass is 35.5. The van der Waals surface area contributed by atoms with E-state index in [1.165, 1.54) is 0 Å². The topological polar surface area (TPSA) is 68.4 Å². The molecule has 1 rings (SSSR count). The summed E-state index contributed by atoms with van der Waals surface area (Å²) in [6.45, 7) is 0. The van der Waals surface area contributed by atoms with Crippen LogP contribution >= 0.6 is 11.6 Å². The van der Waals surface area contributed by atoms with E-state index in [0.29, 0.717) is 0 Å². The fourth-order valence-electron chi connectivity index (χ4n) is 1.27. The molecule has 0 aromatic carbocycles. The summed E-state index contributed by atoms with van der Waals surface area (Å²) < 4.78 is 44.6. The van der Waals surface area contributed by atoms with Gasteiger partial charge in [0.05, 0.1) is 25.0 Å². The number of rotatable bonds is 4. The Bertz CT molecular complexity index is 526. The van der Waals surface area contributed by atoms with E-state index in [-0.39, 0.29) is 11.6 Å². The average Bonchev–Trinajstić information content (AvgIpc) is 2.30. The summed E-state index contributed by atoms with van der Waals surface area (Å²) in [6.07, 6.45) is -5.64. The van der Waals surface area contributed by atoms with Crippen molar-refractivity contribution >= 4 is 17.6 Å².